The summed E-state index contributed by atoms with van der Waals surface area (Å²) in [5.41, 5.74) is 4.34. The van der Waals surface area contributed by atoms with Crippen LogP contribution in [0, 0.1) is 6.92 Å². The maximum absolute atomic E-state index is 13.3. The number of hydrogen-bond donors (Lipinski definition) is 0. The normalized spacial score (nSPS) is 17.4. The van der Waals surface area contributed by atoms with Crippen LogP contribution in [0.3, 0.4) is 0 Å². The first-order valence-corrected chi connectivity index (χ1v) is 17.1. The number of anilines is 1. The predicted octanol–water partition coefficient (Wildman–Crippen LogP) is 5.82. The lowest BCUT2D eigenvalue weighted by atomic mass is 9.96. The summed E-state index contributed by atoms with van der Waals surface area (Å²) in [5, 5.41) is 0.820. The molecule has 3 aromatic carbocycles. The number of carbonyl (C=O) groups is 2. The molecule has 2 amide bonds. The molecule has 2 saturated heterocycles. The van der Waals surface area contributed by atoms with E-state index in [0.717, 1.165) is 18.7 Å². The second-order valence-electron chi connectivity index (χ2n) is 11.9. The van der Waals surface area contributed by atoms with Crippen LogP contribution >= 0.6 is 23.4 Å². The third-order valence-electron chi connectivity index (χ3n) is 8.76. The number of benzene rings is 3. The summed E-state index contributed by atoms with van der Waals surface area (Å²) in [7, 11) is 0. The van der Waals surface area contributed by atoms with Gasteiger partial charge in [0.2, 0.25) is 5.91 Å². The van der Waals surface area contributed by atoms with Crippen molar-refractivity contribution < 1.29 is 9.59 Å². The summed E-state index contributed by atoms with van der Waals surface area (Å²) >= 11 is 7.75. The number of amides is 2. The smallest absolute Gasteiger partial charge is 0.254 e. The Balaban J connectivity index is 1.04. The first-order valence-electron chi connectivity index (χ1n) is 15.8. The van der Waals surface area contributed by atoms with Crippen molar-refractivity contribution in [3.05, 3.63) is 118 Å². The molecule has 1 atom stereocenters. The Kier molecular flexibility index (Phi) is 10.2. The van der Waals surface area contributed by atoms with Crippen LogP contribution < -0.4 is 4.90 Å². The van der Waals surface area contributed by atoms with E-state index >= 15 is 0 Å². The Morgan fingerprint density at radius 3 is 2.09 bits per heavy atom. The van der Waals surface area contributed by atoms with Gasteiger partial charge in [0.15, 0.2) is 5.16 Å². The third kappa shape index (κ3) is 7.54. The van der Waals surface area contributed by atoms with Crippen molar-refractivity contribution in [2.45, 2.75) is 31.1 Å². The second kappa shape index (κ2) is 14.7. The molecule has 8 nitrogen and oxygen atoms in total. The van der Waals surface area contributed by atoms with E-state index in [9.17, 15) is 9.59 Å². The van der Waals surface area contributed by atoms with Crippen molar-refractivity contribution in [2.24, 2.45) is 0 Å². The number of hydrogen-bond acceptors (Lipinski definition) is 7. The summed E-state index contributed by atoms with van der Waals surface area (Å²) in [4.78, 5) is 44.1. The number of rotatable bonds is 8. The lowest BCUT2D eigenvalue weighted by Gasteiger charge is -2.40. The Labute approximate surface area is 280 Å². The van der Waals surface area contributed by atoms with E-state index < -0.39 is 0 Å². The summed E-state index contributed by atoms with van der Waals surface area (Å²) in [6.07, 6.45) is 0. The van der Waals surface area contributed by atoms with Crippen LogP contribution in [-0.4, -0.2) is 94.1 Å². The monoisotopic (exact) mass is 654 g/mol. The highest BCUT2D eigenvalue weighted by Crippen LogP contribution is 2.30. The maximum atomic E-state index is 13.3. The quantitative estimate of drug-likeness (QED) is 0.135. The molecule has 2 aliphatic heterocycles. The van der Waals surface area contributed by atoms with Crippen molar-refractivity contribution in [2.75, 3.05) is 56.5 Å². The van der Waals surface area contributed by atoms with E-state index in [4.69, 9.17) is 16.6 Å². The molecule has 0 saturated carbocycles. The van der Waals surface area contributed by atoms with E-state index in [1.807, 2.05) is 53.1 Å². The SMILES string of the molecule is Cc1ccc(C(=O)N2CCN(c3cc(Cl)nc(SCC(=O)N4CCN(C(c5ccccc5)c5ccccc5)CC4)n3)C[C@H]2C)cc1. The zero-order valence-electron chi connectivity index (χ0n) is 26.3. The van der Waals surface area contributed by atoms with Gasteiger partial charge in [-0.2, -0.15) is 0 Å². The van der Waals surface area contributed by atoms with Gasteiger partial charge in [-0.1, -0.05) is 102 Å². The number of nitrogens with zero attached hydrogens (tertiary/aromatic N) is 6. The number of halogens is 1. The van der Waals surface area contributed by atoms with Gasteiger partial charge in [-0.3, -0.25) is 14.5 Å². The van der Waals surface area contributed by atoms with Crippen LogP contribution in [-0.2, 0) is 4.79 Å². The Morgan fingerprint density at radius 1 is 0.848 bits per heavy atom. The van der Waals surface area contributed by atoms with Gasteiger partial charge in [0.1, 0.15) is 11.0 Å². The third-order valence-corrected chi connectivity index (χ3v) is 9.78. The number of thioether (sulfide) groups is 1. The molecule has 238 valence electrons. The van der Waals surface area contributed by atoms with E-state index in [1.54, 1.807) is 6.07 Å². The molecule has 46 heavy (non-hydrogen) atoms. The van der Waals surface area contributed by atoms with Crippen molar-refractivity contribution in [1.29, 1.82) is 0 Å². The van der Waals surface area contributed by atoms with Gasteiger partial charge in [0, 0.05) is 63.5 Å². The second-order valence-corrected chi connectivity index (χ2v) is 13.3. The fourth-order valence-corrected chi connectivity index (χ4v) is 7.26. The summed E-state index contributed by atoms with van der Waals surface area (Å²) in [6, 6.07) is 30.7. The Morgan fingerprint density at radius 2 is 1.48 bits per heavy atom. The molecule has 10 heteroatoms. The van der Waals surface area contributed by atoms with Crippen LogP contribution in [0.2, 0.25) is 5.15 Å². The van der Waals surface area contributed by atoms with Gasteiger partial charge in [-0.15, -0.1) is 0 Å². The molecule has 2 fully saturated rings. The number of aryl methyl sites for hydroxylation is 1. The first-order chi connectivity index (χ1) is 22.4. The van der Waals surface area contributed by atoms with Crippen LogP contribution in [0.15, 0.2) is 96.2 Å². The lowest BCUT2D eigenvalue weighted by Crippen LogP contribution is -2.54. The molecule has 0 bridgehead atoms. The number of aromatic nitrogens is 2. The van der Waals surface area contributed by atoms with Crippen LogP contribution in [0.1, 0.15) is 40.0 Å². The molecule has 1 aromatic heterocycles. The van der Waals surface area contributed by atoms with Gasteiger partial charge < -0.3 is 14.7 Å². The van der Waals surface area contributed by atoms with Gasteiger partial charge in [-0.25, -0.2) is 9.97 Å². The molecule has 0 radical (unpaired) electrons. The van der Waals surface area contributed by atoms with Crippen LogP contribution in [0.25, 0.3) is 0 Å². The minimum atomic E-state index is -0.00368. The van der Waals surface area contributed by atoms with E-state index in [1.165, 1.54) is 22.9 Å². The molecule has 3 heterocycles. The molecule has 0 spiro atoms. The molecule has 0 aliphatic carbocycles. The van der Waals surface area contributed by atoms with E-state index in [2.05, 4.69) is 70.2 Å². The highest BCUT2D eigenvalue weighted by atomic mass is 35.5. The highest BCUT2D eigenvalue weighted by molar-refractivity contribution is 7.99. The number of carbonyl (C=O) groups excluding carboxylic acids is 2. The van der Waals surface area contributed by atoms with Crippen molar-refractivity contribution in [3.63, 3.8) is 0 Å². The van der Waals surface area contributed by atoms with Gasteiger partial charge in [0.25, 0.3) is 5.91 Å². The summed E-state index contributed by atoms with van der Waals surface area (Å²) in [6.45, 7) is 8.83. The highest BCUT2D eigenvalue weighted by Gasteiger charge is 2.30. The molecule has 4 aromatic rings. The zero-order valence-corrected chi connectivity index (χ0v) is 27.8. The van der Waals surface area contributed by atoms with Crippen molar-refractivity contribution in [1.82, 2.24) is 24.7 Å². The van der Waals surface area contributed by atoms with Gasteiger partial charge in [-0.05, 0) is 37.1 Å². The maximum Gasteiger partial charge on any atom is 0.254 e. The molecule has 0 unspecified atom stereocenters. The molecule has 2 aliphatic rings. The summed E-state index contributed by atoms with van der Waals surface area (Å²) < 4.78 is 0. The predicted molar refractivity (Wildman–Crippen MR) is 185 cm³/mol. The molecular weight excluding hydrogens is 616 g/mol. The lowest BCUT2D eigenvalue weighted by molar-refractivity contribution is -0.130. The molecule has 0 N–H and O–H groups in total. The zero-order chi connectivity index (χ0) is 32.0. The first kappa shape index (κ1) is 32.0. The minimum Gasteiger partial charge on any atom is -0.353 e. The topological polar surface area (TPSA) is 72.9 Å². The van der Waals surface area contributed by atoms with Gasteiger partial charge >= 0.3 is 0 Å². The number of piperazine rings is 2. The van der Waals surface area contributed by atoms with Crippen LogP contribution in [0.4, 0.5) is 5.82 Å². The summed E-state index contributed by atoms with van der Waals surface area (Å²) in [5.74, 6) is 1.07. The minimum absolute atomic E-state index is 0.00368. The van der Waals surface area contributed by atoms with Crippen molar-refractivity contribution >= 4 is 41.0 Å². The standard InChI is InChI=1S/C36H39ClN6O2S/c1-26-13-15-30(16-14-26)35(45)43-22-21-42(24-27(43)2)32-23-31(37)38-36(39-32)46-25-33(44)40-17-19-41(20-18-40)34(28-9-5-3-6-10-28)29-11-7-4-8-12-29/h3-16,23,27,34H,17-22,24-25H2,1-2H3/t27-/m1/s1. The van der Waals surface area contributed by atoms with Gasteiger partial charge in [0.05, 0.1) is 11.8 Å². The van der Waals surface area contributed by atoms with Crippen molar-refractivity contribution in [3.8, 4) is 0 Å². The Bertz CT molecular complexity index is 1590. The molecular formula is C36H39ClN6O2S. The Hall–Kier alpha value is -3.92. The van der Waals surface area contributed by atoms with Crippen LogP contribution in [0.5, 0.6) is 0 Å². The van der Waals surface area contributed by atoms with E-state index in [-0.39, 0.29) is 29.7 Å². The van der Waals surface area contributed by atoms with E-state index in [0.29, 0.717) is 54.4 Å². The largest absolute Gasteiger partial charge is 0.353 e. The average molecular weight is 655 g/mol. The molecule has 6 rings (SSSR count). The fourth-order valence-electron chi connectivity index (χ4n) is 6.27. The average Bonchev–Trinajstić information content (AvgIpc) is 3.08. The fraction of sp³-hybridized carbons (Fsp3) is 0.333.